The Hall–Kier alpha value is -3.27. The normalized spacial score (nSPS) is 13.9. The molecule has 0 radical (unpaired) electrons. The van der Waals surface area contributed by atoms with Gasteiger partial charge in [-0.25, -0.2) is 4.79 Å². The molecule has 36 heavy (non-hydrogen) atoms. The molecule has 1 aliphatic heterocycles. The van der Waals surface area contributed by atoms with E-state index in [2.05, 4.69) is 71.1 Å². The predicted octanol–water partition coefficient (Wildman–Crippen LogP) is 7.76. The molecule has 0 spiro atoms. The minimum atomic E-state index is -0.156. The van der Waals surface area contributed by atoms with Crippen LogP contribution in [0.15, 0.2) is 60.7 Å². The number of phenolic OH excluding ortho intramolecular Hbond substituents is 1. The summed E-state index contributed by atoms with van der Waals surface area (Å²) < 4.78 is 0. The van der Waals surface area contributed by atoms with Crippen LogP contribution in [0.3, 0.4) is 0 Å². The zero-order valence-corrected chi connectivity index (χ0v) is 22.6. The summed E-state index contributed by atoms with van der Waals surface area (Å²) in [7, 11) is 0. The number of anilines is 2. The van der Waals surface area contributed by atoms with Crippen molar-refractivity contribution in [2.45, 2.75) is 78.1 Å². The third-order valence-electron chi connectivity index (χ3n) is 7.08. The Morgan fingerprint density at radius 3 is 2.17 bits per heavy atom. The van der Waals surface area contributed by atoms with Crippen LogP contribution in [0.2, 0.25) is 0 Å². The lowest BCUT2D eigenvalue weighted by molar-refractivity contribution is 0.256. The van der Waals surface area contributed by atoms with Crippen molar-refractivity contribution in [3.63, 3.8) is 0 Å². The Balaban J connectivity index is 1.56. The van der Waals surface area contributed by atoms with E-state index in [4.69, 9.17) is 0 Å². The molecular formula is C32H40N2O2. The van der Waals surface area contributed by atoms with Crippen molar-refractivity contribution >= 4 is 17.4 Å². The summed E-state index contributed by atoms with van der Waals surface area (Å²) in [6.07, 6.45) is 3.60. The van der Waals surface area contributed by atoms with Crippen LogP contribution >= 0.6 is 0 Å². The molecule has 0 aliphatic carbocycles. The van der Waals surface area contributed by atoms with Crippen LogP contribution < -0.4 is 10.2 Å². The number of fused-ring (bicyclic) bond motifs is 1. The quantitative estimate of drug-likeness (QED) is 0.398. The minimum Gasteiger partial charge on any atom is -0.507 e. The van der Waals surface area contributed by atoms with Crippen molar-refractivity contribution in [1.82, 2.24) is 0 Å². The fraction of sp³-hybridized carbons (Fsp3) is 0.406. The molecule has 0 atom stereocenters. The number of carbonyl (C=O) groups is 1. The first kappa shape index (κ1) is 25.8. The molecule has 3 aromatic rings. The first-order valence-electron chi connectivity index (χ1n) is 13.1. The fourth-order valence-corrected chi connectivity index (χ4v) is 5.05. The maximum Gasteiger partial charge on any atom is 0.326 e. The lowest BCUT2D eigenvalue weighted by atomic mass is 9.78. The predicted molar refractivity (Wildman–Crippen MR) is 150 cm³/mol. The molecule has 0 aromatic heterocycles. The fourth-order valence-electron chi connectivity index (χ4n) is 5.05. The third-order valence-corrected chi connectivity index (χ3v) is 7.08. The zero-order chi connectivity index (χ0) is 26.1. The van der Waals surface area contributed by atoms with Gasteiger partial charge in [0.1, 0.15) is 5.75 Å². The van der Waals surface area contributed by atoms with Crippen LogP contribution in [-0.4, -0.2) is 17.7 Å². The van der Waals surface area contributed by atoms with Gasteiger partial charge in [-0.3, -0.25) is 4.90 Å². The number of rotatable bonds is 4. The molecule has 190 valence electrons. The molecule has 2 N–H and O–H groups in total. The highest BCUT2D eigenvalue weighted by molar-refractivity contribution is 6.02. The van der Waals surface area contributed by atoms with Gasteiger partial charge in [0.05, 0.1) is 0 Å². The van der Waals surface area contributed by atoms with E-state index < -0.39 is 0 Å². The molecule has 0 unspecified atom stereocenters. The van der Waals surface area contributed by atoms with E-state index in [0.29, 0.717) is 5.75 Å². The van der Waals surface area contributed by atoms with Crippen LogP contribution in [0, 0.1) is 0 Å². The van der Waals surface area contributed by atoms with E-state index in [1.807, 2.05) is 41.3 Å². The number of carbonyl (C=O) groups excluding carboxylic acids is 1. The first-order chi connectivity index (χ1) is 16.9. The number of nitrogens with zero attached hydrogens (tertiary/aromatic N) is 1. The van der Waals surface area contributed by atoms with Gasteiger partial charge in [0.25, 0.3) is 0 Å². The van der Waals surface area contributed by atoms with Crippen molar-refractivity contribution in [2.24, 2.45) is 0 Å². The maximum absolute atomic E-state index is 13.3. The molecule has 4 heteroatoms. The summed E-state index contributed by atoms with van der Waals surface area (Å²) in [5, 5.41) is 14.2. The molecule has 4 nitrogen and oxygen atoms in total. The molecule has 0 bridgehead atoms. The van der Waals surface area contributed by atoms with E-state index in [1.54, 1.807) is 0 Å². The van der Waals surface area contributed by atoms with Crippen molar-refractivity contribution in [2.75, 3.05) is 16.8 Å². The summed E-state index contributed by atoms with van der Waals surface area (Å²) in [4.78, 5) is 15.2. The summed E-state index contributed by atoms with van der Waals surface area (Å²) in [5.74, 6) is 0.410. The summed E-state index contributed by atoms with van der Waals surface area (Å²) in [6.45, 7) is 13.6. The zero-order valence-electron chi connectivity index (χ0n) is 22.6. The standard InChI is InChI=1S/C32H40N2O2/c1-31(2,3)25-20-22(21-26(29(25)35)32(4,5)6)17-18-23-12-7-9-15-27(23)33-30(36)34-19-11-14-24-13-8-10-16-28(24)34/h7-10,12-13,15-16,20-21,35H,11,14,17-19H2,1-6H3,(H,33,36). The number of amides is 2. The van der Waals surface area contributed by atoms with E-state index in [9.17, 15) is 9.90 Å². The van der Waals surface area contributed by atoms with E-state index in [1.165, 1.54) is 11.1 Å². The van der Waals surface area contributed by atoms with Crippen LogP contribution in [0.5, 0.6) is 5.75 Å². The van der Waals surface area contributed by atoms with Crippen molar-refractivity contribution in [1.29, 1.82) is 0 Å². The minimum absolute atomic E-state index is 0.0794. The average molecular weight is 485 g/mol. The van der Waals surface area contributed by atoms with E-state index >= 15 is 0 Å². The van der Waals surface area contributed by atoms with Crippen LogP contribution in [-0.2, 0) is 30.1 Å². The summed E-state index contributed by atoms with van der Waals surface area (Å²) in [5.41, 5.74) is 7.05. The number of para-hydroxylation sites is 2. The van der Waals surface area contributed by atoms with Gasteiger partial charge in [-0.1, -0.05) is 90.1 Å². The van der Waals surface area contributed by atoms with Crippen molar-refractivity contribution in [3.05, 3.63) is 88.5 Å². The van der Waals surface area contributed by atoms with Crippen molar-refractivity contribution in [3.8, 4) is 5.75 Å². The second-order valence-electron chi connectivity index (χ2n) is 12.0. The molecule has 0 fully saturated rings. The number of phenols is 1. The van der Waals surface area contributed by atoms with Gasteiger partial charge in [-0.2, -0.15) is 0 Å². The average Bonchev–Trinajstić information content (AvgIpc) is 2.82. The Morgan fingerprint density at radius 1 is 0.889 bits per heavy atom. The SMILES string of the molecule is CC(C)(C)c1cc(CCc2ccccc2NC(=O)N2CCCc3ccccc32)cc(C(C)(C)C)c1O. The Morgan fingerprint density at radius 2 is 1.50 bits per heavy atom. The number of aryl methyl sites for hydroxylation is 3. The molecule has 0 saturated carbocycles. The van der Waals surface area contributed by atoms with Gasteiger partial charge in [0, 0.05) is 17.9 Å². The number of hydrogen-bond donors (Lipinski definition) is 2. The topological polar surface area (TPSA) is 52.6 Å². The van der Waals surface area contributed by atoms with Gasteiger partial charge < -0.3 is 10.4 Å². The third kappa shape index (κ3) is 5.59. The van der Waals surface area contributed by atoms with Crippen molar-refractivity contribution < 1.29 is 9.90 Å². The molecule has 2 amide bonds. The number of aromatic hydroxyl groups is 1. The number of nitrogens with one attached hydrogen (secondary N) is 1. The Kier molecular flexibility index (Phi) is 7.17. The second-order valence-corrected chi connectivity index (χ2v) is 12.0. The van der Waals surface area contributed by atoms with Gasteiger partial charge in [-0.15, -0.1) is 0 Å². The molecule has 0 saturated heterocycles. The van der Waals surface area contributed by atoms with Crippen LogP contribution in [0.25, 0.3) is 0 Å². The Bertz CT molecular complexity index is 1210. The largest absolute Gasteiger partial charge is 0.507 e. The van der Waals surface area contributed by atoms with Gasteiger partial charge >= 0.3 is 6.03 Å². The number of urea groups is 1. The summed E-state index contributed by atoms with van der Waals surface area (Å²) in [6, 6.07) is 20.5. The van der Waals surface area contributed by atoms with Crippen LogP contribution in [0.4, 0.5) is 16.2 Å². The van der Waals surface area contributed by atoms with Gasteiger partial charge in [-0.05, 0) is 76.5 Å². The molecule has 1 aliphatic rings. The van der Waals surface area contributed by atoms with Crippen LogP contribution in [0.1, 0.15) is 75.8 Å². The van der Waals surface area contributed by atoms with E-state index in [0.717, 1.165) is 60.3 Å². The second kappa shape index (κ2) is 10.0. The highest BCUT2D eigenvalue weighted by Gasteiger charge is 2.27. The maximum atomic E-state index is 13.3. The van der Waals surface area contributed by atoms with Gasteiger partial charge in [0.15, 0.2) is 0 Å². The number of benzene rings is 3. The first-order valence-corrected chi connectivity index (χ1v) is 13.1. The number of hydrogen-bond acceptors (Lipinski definition) is 2. The summed E-state index contributed by atoms with van der Waals surface area (Å²) >= 11 is 0. The molecule has 3 aromatic carbocycles. The lowest BCUT2D eigenvalue weighted by Crippen LogP contribution is -2.38. The van der Waals surface area contributed by atoms with E-state index in [-0.39, 0.29) is 16.9 Å². The highest BCUT2D eigenvalue weighted by Crippen LogP contribution is 2.40. The van der Waals surface area contributed by atoms with Gasteiger partial charge in [0.2, 0.25) is 0 Å². The smallest absolute Gasteiger partial charge is 0.326 e. The molecule has 1 heterocycles. The molecular weight excluding hydrogens is 444 g/mol. The Labute approximate surface area is 216 Å². The lowest BCUT2D eigenvalue weighted by Gasteiger charge is -2.30. The molecule has 4 rings (SSSR count). The highest BCUT2D eigenvalue weighted by atomic mass is 16.3. The monoisotopic (exact) mass is 484 g/mol.